The van der Waals surface area contributed by atoms with Crippen LogP contribution >= 0.6 is 0 Å². The third-order valence-corrected chi connectivity index (χ3v) is 3.68. The lowest BCUT2D eigenvalue weighted by molar-refractivity contribution is -0.0350. The zero-order chi connectivity index (χ0) is 14.4. The molecule has 6 heteroatoms. The first-order chi connectivity index (χ1) is 9.72. The minimum atomic E-state index is -0.0589. The molecule has 0 spiro atoms. The average Bonchev–Trinajstić information content (AvgIpc) is 2.94. The van der Waals surface area contributed by atoms with E-state index in [2.05, 4.69) is 41.1 Å². The number of ether oxygens (including phenoxy) is 1. The summed E-state index contributed by atoms with van der Waals surface area (Å²) in [4.78, 5) is 6.83. The first-order valence-electron chi connectivity index (χ1n) is 7.62. The second-order valence-electron chi connectivity index (χ2n) is 5.40. The van der Waals surface area contributed by atoms with Gasteiger partial charge in [0.25, 0.3) is 0 Å². The molecule has 1 fully saturated rings. The van der Waals surface area contributed by atoms with E-state index >= 15 is 0 Å². The third-order valence-electron chi connectivity index (χ3n) is 3.68. The van der Waals surface area contributed by atoms with Crippen LogP contribution in [0.5, 0.6) is 0 Å². The standard InChI is InChI=1S/C14H26N4O2/c1-4-6-18-7-8-19-12(10-18)14-16-13(20-17-14)9-15-11(3)5-2/h11-12,15H,4-10H2,1-3H3. The van der Waals surface area contributed by atoms with Crippen LogP contribution in [0.25, 0.3) is 0 Å². The zero-order valence-electron chi connectivity index (χ0n) is 12.8. The fourth-order valence-corrected chi connectivity index (χ4v) is 2.25. The van der Waals surface area contributed by atoms with E-state index in [9.17, 15) is 0 Å². The fraction of sp³-hybridized carbons (Fsp3) is 0.857. The molecule has 6 nitrogen and oxygen atoms in total. The van der Waals surface area contributed by atoms with Crippen molar-refractivity contribution in [2.45, 2.75) is 52.3 Å². The molecule has 0 aliphatic carbocycles. The number of aromatic nitrogens is 2. The van der Waals surface area contributed by atoms with Gasteiger partial charge in [-0.15, -0.1) is 0 Å². The molecule has 1 aromatic rings. The van der Waals surface area contributed by atoms with Gasteiger partial charge in [-0.3, -0.25) is 4.90 Å². The Balaban J connectivity index is 1.87. The molecule has 0 bridgehead atoms. The summed E-state index contributed by atoms with van der Waals surface area (Å²) in [5, 5.41) is 7.41. The maximum atomic E-state index is 5.75. The van der Waals surface area contributed by atoms with Crippen LogP contribution in [0.15, 0.2) is 4.52 Å². The first-order valence-corrected chi connectivity index (χ1v) is 7.62. The monoisotopic (exact) mass is 282 g/mol. The second kappa shape index (κ2) is 7.71. The van der Waals surface area contributed by atoms with Gasteiger partial charge in [0.2, 0.25) is 11.7 Å². The summed E-state index contributed by atoms with van der Waals surface area (Å²) < 4.78 is 11.0. The molecule has 114 valence electrons. The van der Waals surface area contributed by atoms with Gasteiger partial charge in [0.05, 0.1) is 13.2 Å². The largest absolute Gasteiger partial charge is 0.367 e. The number of nitrogens with one attached hydrogen (secondary N) is 1. The summed E-state index contributed by atoms with van der Waals surface area (Å²) in [6, 6.07) is 0.455. The molecule has 0 aromatic carbocycles. The third kappa shape index (κ3) is 4.26. The van der Waals surface area contributed by atoms with E-state index in [1.807, 2.05) is 0 Å². The summed E-state index contributed by atoms with van der Waals surface area (Å²) in [6.45, 7) is 10.8. The van der Waals surface area contributed by atoms with E-state index < -0.39 is 0 Å². The second-order valence-corrected chi connectivity index (χ2v) is 5.40. The van der Waals surface area contributed by atoms with Gasteiger partial charge in [-0.1, -0.05) is 19.0 Å². The summed E-state index contributed by atoms with van der Waals surface area (Å²) in [5.41, 5.74) is 0. The highest BCUT2D eigenvalue weighted by atomic mass is 16.5. The van der Waals surface area contributed by atoms with Gasteiger partial charge in [0, 0.05) is 19.1 Å². The van der Waals surface area contributed by atoms with Crippen molar-refractivity contribution in [1.29, 1.82) is 0 Å². The lowest BCUT2D eigenvalue weighted by atomic mass is 10.2. The quantitative estimate of drug-likeness (QED) is 0.822. The molecule has 2 unspecified atom stereocenters. The van der Waals surface area contributed by atoms with Crippen LogP contribution in [0.1, 0.15) is 51.4 Å². The predicted octanol–water partition coefficient (Wildman–Crippen LogP) is 1.74. The average molecular weight is 282 g/mol. The van der Waals surface area contributed by atoms with Gasteiger partial charge in [-0.2, -0.15) is 4.98 Å². The Bertz CT molecular complexity index is 394. The van der Waals surface area contributed by atoms with Gasteiger partial charge >= 0.3 is 0 Å². The Labute approximate surface area is 120 Å². The first kappa shape index (κ1) is 15.4. The predicted molar refractivity (Wildman–Crippen MR) is 76.3 cm³/mol. The fourth-order valence-electron chi connectivity index (χ4n) is 2.25. The van der Waals surface area contributed by atoms with Crippen LogP contribution in [0.4, 0.5) is 0 Å². The number of morpholine rings is 1. The Morgan fingerprint density at radius 1 is 1.45 bits per heavy atom. The molecule has 1 saturated heterocycles. The Morgan fingerprint density at radius 3 is 3.05 bits per heavy atom. The molecule has 1 aliphatic heterocycles. The van der Waals surface area contributed by atoms with Crippen molar-refractivity contribution < 1.29 is 9.26 Å². The normalized spacial score (nSPS) is 22.1. The van der Waals surface area contributed by atoms with Gasteiger partial charge in [-0.25, -0.2) is 0 Å². The maximum Gasteiger partial charge on any atom is 0.240 e. The molecule has 1 aromatic heterocycles. The molecular formula is C14H26N4O2. The van der Waals surface area contributed by atoms with E-state index in [1.54, 1.807) is 0 Å². The number of hydrogen-bond acceptors (Lipinski definition) is 6. The Morgan fingerprint density at radius 2 is 2.30 bits per heavy atom. The topological polar surface area (TPSA) is 63.4 Å². The van der Waals surface area contributed by atoms with Crippen molar-refractivity contribution >= 4 is 0 Å². The van der Waals surface area contributed by atoms with Crippen LogP contribution in [-0.2, 0) is 11.3 Å². The Kier molecular flexibility index (Phi) is 5.94. The molecule has 1 N–H and O–H groups in total. The highest BCUT2D eigenvalue weighted by Gasteiger charge is 2.25. The highest BCUT2D eigenvalue weighted by molar-refractivity contribution is 4.94. The van der Waals surface area contributed by atoms with Crippen LogP contribution in [0.2, 0.25) is 0 Å². The highest BCUT2D eigenvalue weighted by Crippen LogP contribution is 2.19. The van der Waals surface area contributed by atoms with Gasteiger partial charge in [0.1, 0.15) is 6.10 Å². The maximum absolute atomic E-state index is 5.75. The molecular weight excluding hydrogens is 256 g/mol. The van der Waals surface area contributed by atoms with Gasteiger partial charge in [0.15, 0.2) is 0 Å². The lowest BCUT2D eigenvalue weighted by Gasteiger charge is -2.30. The molecule has 0 amide bonds. The SMILES string of the molecule is CCCN1CCOC(c2noc(CNC(C)CC)n2)C1. The van der Waals surface area contributed by atoms with Crippen LogP contribution in [0, 0.1) is 0 Å². The molecule has 0 radical (unpaired) electrons. The zero-order valence-corrected chi connectivity index (χ0v) is 12.8. The van der Waals surface area contributed by atoms with Crippen molar-refractivity contribution in [3.05, 3.63) is 11.7 Å². The molecule has 2 rings (SSSR count). The van der Waals surface area contributed by atoms with Crippen molar-refractivity contribution in [1.82, 2.24) is 20.4 Å². The van der Waals surface area contributed by atoms with E-state index in [4.69, 9.17) is 9.26 Å². The molecule has 1 aliphatic rings. The van der Waals surface area contributed by atoms with Crippen molar-refractivity contribution in [3.8, 4) is 0 Å². The van der Waals surface area contributed by atoms with E-state index in [0.29, 0.717) is 24.3 Å². The summed E-state index contributed by atoms with van der Waals surface area (Å²) in [5.74, 6) is 1.31. The number of rotatable bonds is 7. The van der Waals surface area contributed by atoms with Crippen molar-refractivity contribution in [2.75, 3.05) is 26.2 Å². The van der Waals surface area contributed by atoms with E-state index in [0.717, 1.165) is 39.1 Å². The molecule has 2 heterocycles. The number of hydrogen-bond donors (Lipinski definition) is 1. The molecule has 0 saturated carbocycles. The van der Waals surface area contributed by atoms with Crippen molar-refractivity contribution in [2.24, 2.45) is 0 Å². The van der Waals surface area contributed by atoms with Crippen LogP contribution in [0.3, 0.4) is 0 Å². The molecule has 20 heavy (non-hydrogen) atoms. The Hall–Kier alpha value is -0.980. The van der Waals surface area contributed by atoms with E-state index in [1.165, 1.54) is 0 Å². The summed E-state index contributed by atoms with van der Waals surface area (Å²) in [6.07, 6.45) is 2.18. The van der Waals surface area contributed by atoms with Gasteiger partial charge in [-0.05, 0) is 26.3 Å². The van der Waals surface area contributed by atoms with Gasteiger partial charge < -0.3 is 14.6 Å². The minimum absolute atomic E-state index is 0.0589. The molecule has 2 atom stereocenters. The van der Waals surface area contributed by atoms with Crippen molar-refractivity contribution in [3.63, 3.8) is 0 Å². The number of nitrogens with zero attached hydrogens (tertiary/aromatic N) is 3. The van der Waals surface area contributed by atoms with E-state index in [-0.39, 0.29) is 6.10 Å². The smallest absolute Gasteiger partial charge is 0.240 e. The van der Waals surface area contributed by atoms with Crippen LogP contribution in [-0.4, -0.2) is 47.3 Å². The summed E-state index contributed by atoms with van der Waals surface area (Å²) in [7, 11) is 0. The lowest BCUT2D eigenvalue weighted by Crippen LogP contribution is -2.39. The summed E-state index contributed by atoms with van der Waals surface area (Å²) >= 11 is 0. The minimum Gasteiger partial charge on any atom is -0.367 e. The van der Waals surface area contributed by atoms with Crippen LogP contribution < -0.4 is 5.32 Å².